The molecule has 2 aromatic rings. The van der Waals surface area contributed by atoms with Gasteiger partial charge in [-0.1, -0.05) is 6.07 Å². The molecule has 0 unspecified atom stereocenters. The van der Waals surface area contributed by atoms with Crippen molar-refractivity contribution in [2.75, 3.05) is 20.1 Å². The number of aromatic carboxylic acids is 1. The van der Waals surface area contributed by atoms with Gasteiger partial charge in [0.25, 0.3) is 0 Å². The standard InChI is InChI=1S/C18H25N3O4S/c1-4-21-13-6-5-11(2)17(26(19,24)25)15(13)14(16(21)18(22)23)12-7-9-20(3)10-8-12/h5-6,12H,4,7-10H2,1-3H3,(H,22,23)(H2,19,24,25). The molecule has 8 heteroatoms. The molecule has 0 spiro atoms. The Balaban J connectivity index is 2.44. The van der Waals surface area contributed by atoms with E-state index in [1.165, 1.54) is 0 Å². The molecule has 26 heavy (non-hydrogen) atoms. The Morgan fingerprint density at radius 1 is 1.31 bits per heavy atom. The lowest BCUT2D eigenvalue weighted by Crippen LogP contribution is -2.30. The minimum absolute atomic E-state index is 0.00472. The number of carbonyl (C=O) groups is 1. The molecule has 3 rings (SSSR count). The van der Waals surface area contributed by atoms with Crippen molar-refractivity contribution in [2.45, 2.75) is 44.0 Å². The number of carboxylic acid groups (broad SMARTS) is 1. The van der Waals surface area contributed by atoms with Gasteiger partial charge in [-0.2, -0.15) is 0 Å². The zero-order valence-electron chi connectivity index (χ0n) is 15.3. The largest absolute Gasteiger partial charge is 0.477 e. The molecule has 0 aliphatic carbocycles. The van der Waals surface area contributed by atoms with Gasteiger partial charge in [0.1, 0.15) is 5.69 Å². The number of rotatable bonds is 4. The molecule has 142 valence electrons. The Labute approximate surface area is 153 Å². The number of piperidine rings is 1. The smallest absolute Gasteiger partial charge is 0.352 e. The first-order valence-corrected chi connectivity index (χ1v) is 10.3. The van der Waals surface area contributed by atoms with E-state index in [2.05, 4.69) is 4.90 Å². The monoisotopic (exact) mass is 379 g/mol. The fourth-order valence-corrected chi connectivity index (χ4v) is 5.18. The highest BCUT2D eigenvalue weighted by Crippen LogP contribution is 2.41. The fourth-order valence-electron chi connectivity index (χ4n) is 4.17. The van der Waals surface area contributed by atoms with Crippen LogP contribution in [0.3, 0.4) is 0 Å². The summed E-state index contributed by atoms with van der Waals surface area (Å²) in [5.41, 5.74) is 1.97. The number of fused-ring (bicyclic) bond motifs is 1. The van der Waals surface area contributed by atoms with Crippen LogP contribution in [-0.4, -0.2) is 49.1 Å². The van der Waals surface area contributed by atoms with Crippen LogP contribution in [0.1, 0.15) is 47.3 Å². The van der Waals surface area contributed by atoms with Crippen LogP contribution in [0.2, 0.25) is 0 Å². The summed E-state index contributed by atoms with van der Waals surface area (Å²) in [6.07, 6.45) is 1.58. The first-order valence-electron chi connectivity index (χ1n) is 8.77. The summed E-state index contributed by atoms with van der Waals surface area (Å²) in [7, 11) is -1.95. The van der Waals surface area contributed by atoms with Crippen LogP contribution in [0.4, 0.5) is 0 Å². The first-order chi connectivity index (χ1) is 12.2. The maximum Gasteiger partial charge on any atom is 0.352 e. The van der Waals surface area contributed by atoms with Crippen molar-refractivity contribution >= 4 is 26.9 Å². The predicted octanol–water partition coefficient (Wildman–Crippen LogP) is 2.12. The molecular formula is C18H25N3O4S. The maximum atomic E-state index is 12.3. The molecule has 1 aromatic carbocycles. The number of aromatic nitrogens is 1. The molecule has 0 atom stereocenters. The van der Waals surface area contributed by atoms with Crippen molar-refractivity contribution in [1.82, 2.24) is 9.47 Å². The van der Waals surface area contributed by atoms with Gasteiger partial charge in [0.05, 0.1) is 10.4 Å². The van der Waals surface area contributed by atoms with Crippen LogP contribution in [-0.2, 0) is 16.6 Å². The maximum absolute atomic E-state index is 12.3. The van der Waals surface area contributed by atoms with Gasteiger partial charge in [0.15, 0.2) is 0 Å². The highest BCUT2D eigenvalue weighted by atomic mass is 32.2. The summed E-state index contributed by atoms with van der Waals surface area (Å²) in [4.78, 5) is 14.4. The molecule has 1 fully saturated rings. The molecule has 1 saturated heterocycles. The van der Waals surface area contributed by atoms with Gasteiger partial charge in [-0.05, 0) is 69.9 Å². The number of nitrogens with zero attached hydrogens (tertiary/aromatic N) is 2. The molecule has 3 N–H and O–H groups in total. The van der Waals surface area contributed by atoms with Crippen molar-refractivity contribution in [1.29, 1.82) is 0 Å². The molecule has 0 bridgehead atoms. The summed E-state index contributed by atoms with van der Waals surface area (Å²) in [5, 5.41) is 15.9. The molecule has 2 heterocycles. The second kappa shape index (κ2) is 6.68. The number of aryl methyl sites for hydroxylation is 2. The van der Waals surface area contributed by atoms with Crippen LogP contribution in [0.15, 0.2) is 17.0 Å². The van der Waals surface area contributed by atoms with Crippen LogP contribution >= 0.6 is 0 Å². The third-order valence-electron chi connectivity index (χ3n) is 5.35. The molecule has 0 radical (unpaired) electrons. The van der Waals surface area contributed by atoms with E-state index < -0.39 is 16.0 Å². The van der Waals surface area contributed by atoms with E-state index in [0.29, 0.717) is 28.6 Å². The van der Waals surface area contributed by atoms with Crippen LogP contribution in [0, 0.1) is 6.92 Å². The van der Waals surface area contributed by atoms with E-state index >= 15 is 0 Å². The summed E-state index contributed by atoms with van der Waals surface area (Å²) < 4.78 is 26.4. The number of primary sulfonamides is 1. The zero-order valence-corrected chi connectivity index (χ0v) is 16.1. The van der Waals surface area contributed by atoms with Gasteiger partial charge in [0.2, 0.25) is 10.0 Å². The lowest BCUT2D eigenvalue weighted by molar-refractivity contribution is 0.0683. The normalized spacial score (nSPS) is 17.1. The predicted molar refractivity (Wildman–Crippen MR) is 100 cm³/mol. The van der Waals surface area contributed by atoms with Gasteiger partial charge >= 0.3 is 5.97 Å². The van der Waals surface area contributed by atoms with Crippen molar-refractivity contribution < 1.29 is 18.3 Å². The van der Waals surface area contributed by atoms with Gasteiger partial charge in [-0.3, -0.25) is 0 Å². The minimum Gasteiger partial charge on any atom is -0.477 e. The second-order valence-corrected chi connectivity index (χ2v) is 8.54. The van der Waals surface area contributed by atoms with Crippen LogP contribution in [0.5, 0.6) is 0 Å². The lowest BCUT2D eigenvalue weighted by atomic mass is 9.87. The third kappa shape index (κ3) is 3.02. The highest BCUT2D eigenvalue weighted by Gasteiger charge is 2.33. The van der Waals surface area contributed by atoms with Crippen molar-refractivity contribution in [3.63, 3.8) is 0 Å². The fraction of sp³-hybridized carbons (Fsp3) is 0.500. The van der Waals surface area contributed by atoms with E-state index in [9.17, 15) is 18.3 Å². The molecule has 1 aromatic heterocycles. The number of hydrogen-bond acceptors (Lipinski definition) is 4. The molecular weight excluding hydrogens is 354 g/mol. The number of likely N-dealkylation sites (tertiary alicyclic amines) is 1. The van der Waals surface area contributed by atoms with Gasteiger partial charge in [-0.25, -0.2) is 18.4 Å². The van der Waals surface area contributed by atoms with E-state index in [0.717, 1.165) is 25.9 Å². The van der Waals surface area contributed by atoms with Gasteiger partial charge in [0, 0.05) is 11.9 Å². The average Bonchev–Trinajstić information content (AvgIpc) is 2.88. The van der Waals surface area contributed by atoms with Gasteiger partial charge in [-0.15, -0.1) is 0 Å². The molecule has 0 saturated carbocycles. The molecule has 1 aliphatic rings. The van der Waals surface area contributed by atoms with E-state index in [4.69, 9.17) is 5.14 Å². The van der Waals surface area contributed by atoms with Gasteiger partial charge < -0.3 is 14.6 Å². The summed E-state index contributed by atoms with van der Waals surface area (Å²) >= 11 is 0. The number of carboxylic acids is 1. The van der Waals surface area contributed by atoms with E-state index in [1.54, 1.807) is 23.6 Å². The Morgan fingerprint density at radius 2 is 1.92 bits per heavy atom. The summed E-state index contributed by atoms with van der Waals surface area (Å²) in [5.74, 6) is -1.04. The highest BCUT2D eigenvalue weighted by molar-refractivity contribution is 7.89. The third-order valence-corrected chi connectivity index (χ3v) is 6.44. The Bertz CT molecular complexity index is 970. The summed E-state index contributed by atoms with van der Waals surface area (Å²) in [6, 6.07) is 3.49. The quantitative estimate of drug-likeness (QED) is 0.846. The number of benzene rings is 1. The Kier molecular flexibility index (Phi) is 4.85. The van der Waals surface area contributed by atoms with E-state index in [1.807, 2.05) is 14.0 Å². The van der Waals surface area contributed by atoms with E-state index in [-0.39, 0.29) is 16.5 Å². The SMILES string of the molecule is CCn1c(C(=O)O)c(C2CCN(C)CC2)c2c(S(N)(=O)=O)c(C)ccc21. The molecule has 0 amide bonds. The molecule has 7 nitrogen and oxygen atoms in total. The average molecular weight is 379 g/mol. The Hall–Kier alpha value is -1.90. The van der Waals surface area contributed by atoms with Crippen LogP contribution < -0.4 is 5.14 Å². The Morgan fingerprint density at radius 3 is 2.42 bits per heavy atom. The zero-order chi connectivity index (χ0) is 19.2. The minimum atomic E-state index is -3.99. The summed E-state index contributed by atoms with van der Waals surface area (Å²) in [6.45, 7) is 5.69. The second-order valence-electron chi connectivity index (χ2n) is 7.04. The number of hydrogen-bond donors (Lipinski definition) is 2. The van der Waals surface area contributed by atoms with Crippen molar-refractivity contribution in [2.24, 2.45) is 5.14 Å². The van der Waals surface area contributed by atoms with Crippen molar-refractivity contribution in [3.05, 3.63) is 29.0 Å². The number of nitrogens with two attached hydrogens (primary N) is 1. The van der Waals surface area contributed by atoms with Crippen LogP contribution in [0.25, 0.3) is 10.9 Å². The first kappa shape index (κ1) is 18.9. The number of sulfonamides is 1. The topological polar surface area (TPSA) is 106 Å². The lowest BCUT2D eigenvalue weighted by Gasteiger charge is -2.29. The van der Waals surface area contributed by atoms with Crippen molar-refractivity contribution in [3.8, 4) is 0 Å². The molecule has 1 aliphatic heterocycles.